The summed E-state index contributed by atoms with van der Waals surface area (Å²) in [7, 11) is 1.54. The molecule has 0 bridgehead atoms. The van der Waals surface area contributed by atoms with Gasteiger partial charge in [0.25, 0.3) is 5.91 Å². The Balaban J connectivity index is 2.19. The van der Waals surface area contributed by atoms with Crippen molar-refractivity contribution in [1.29, 1.82) is 0 Å². The third-order valence-corrected chi connectivity index (χ3v) is 3.65. The quantitative estimate of drug-likeness (QED) is 0.767. The molecule has 0 unspecified atom stereocenters. The van der Waals surface area contributed by atoms with Crippen molar-refractivity contribution in [3.8, 4) is 0 Å². The van der Waals surface area contributed by atoms with Crippen LogP contribution >= 0.6 is 0 Å². The predicted molar refractivity (Wildman–Crippen MR) is 77.7 cm³/mol. The molecule has 0 spiro atoms. The van der Waals surface area contributed by atoms with E-state index in [4.69, 9.17) is 0 Å². The van der Waals surface area contributed by atoms with Crippen LogP contribution in [-0.4, -0.2) is 70.7 Å². The van der Waals surface area contributed by atoms with Gasteiger partial charge in [-0.3, -0.25) is 19.4 Å². The second-order valence-electron chi connectivity index (χ2n) is 5.12. The van der Waals surface area contributed by atoms with E-state index in [-0.39, 0.29) is 30.0 Å². The largest absolute Gasteiger partial charge is 0.359 e. The van der Waals surface area contributed by atoms with Crippen LogP contribution in [-0.2, 0) is 9.59 Å². The van der Waals surface area contributed by atoms with Crippen LogP contribution in [0.3, 0.4) is 0 Å². The molecule has 2 rings (SSSR count). The Morgan fingerprint density at radius 2 is 1.86 bits per heavy atom. The minimum atomic E-state index is -0.461. The molecule has 0 radical (unpaired) electrons. The zero-order chi connectivity index (χ0) is 16.1. The summed E-state index contributed by atoms with van der Waals surface area (Å²) >= 11 is 0. The minimum absolute atomic E-state index is 0.109. The van der Waals surface area contributed by atoms with Gasteiger partial charge < -0.3 is 15.1 Å². The van der Waals surface area contributed by atoms with E-state index in [1.165, 1.54) is 25.5 Å². The van der Waals surface area contributed by atoms with E-state index >= 15 is 0 Å². The molecule has 8 nitrogen and oxygen atoms in total. The third kappa shape index (κ3) is 3.57. The molecule has 1 aromatic heterocycles. The molecule has 1 aliphatic rings. The number of rotatable bonds is 2. The summed E-state index contributed by atoms with van der Waals surface area (Å²) < 4.78 is 0. The molecule has 1 aliphatic heterocycles. The molecule has 1 N–H and O–H groups in total. The number of nitrogens with zero attached hydrogens (tertiary/aromatic N) is 4. The molecule has 2 heterocycles. The normalized spacial score (nSPS) is 18.5. The highest BCUT2D eigenvalue weighted by molar-refractivity contribution is 5.92. The first-order valence-corrected chi connectivity index (χ1v) is 7.05. The Bertz CT molecular complexity index is 563. The second-order valence-corrected chi connectivity index (χ2v) is 5.12. The van der Waals surface area contributed by atoms with Crippen LogP contribution < -0.4 is 5.32 Å². The van der Waals surface area contributed by atoms with Crippen LogP contribution in [0.25, 0.3) is 0 Å². The summed E-state index contributed by atoms with van der Waals surface area (Å²) in [6.45, 7) is 2.77. The van der Waals surface area contributed by atoms with Gasteiger partial charge in [0.15, 0.2) is 0 Å². The monoisotopic (exact) mass is 305 g/mol. The zero-order valence-electron chi connectivity index (χ0n) is 12.7. The lowest BCUT2D eigenvalue weighted by atomic mass is 10.1. The Hall–Kier alpha value is -2.51. The number of aromatic nitrogens is 2. The van der Waals surface area contributed by atoms with Gasteiger partial charge in [0, 0.05) is 52.5 Å². The maximum atomic E-state index is 12.5. The molecule has 118 valence electrons. The van der Waals surface area contributed by atoms with Crippen LogP contribution in [0.4, 0.5) is 0 Å². The SMILES string of the molecule is CNC(=O)[C@H]1CN(C(C)=O)CCN(C(=O)c2cnccn2)C1. The second kappa shape index (κ2) is 6.97. The first kappa shape index (κ1) is 15.9. The zero-order valence-corrected chi connectivity index (χ0v) is 12.7. The molecule has 22 heavy (non-hydrogen) atoms. The van der Waals surface area contributed by atoms with Crippen molar-refractivity contribution in [2.45, 2.75) is 6.92 Å². The summed E-state index contributed by atoms with van der Waals surface area (Å²) in [6, 6.07) is 0. The van der Waals surface area contributed by atoms with Gasteiger partial charge in [-0.2, -0.15) is 0 Å². The van der Waals surface area contributed by atoms with Crippen molar-refractivity contribution in [3.05, 3.63) is 24.3 Å². The number of hydrogen-bond acceptors (Lipinski definition) is 5. The Morgan fingerprint density at radius 3 is 2.45 bits per heavy atom. The van der Waals surface area contributed by atoms with E-state index in [0.29, 0.717) is 19.6 Å². The number of carbonyl (C=O) groups excluding carboxylic acids is 3. The van der Waals surface area contributed by atoms with Crippen molar-refractivity contribution in [3.63, 3.8) is 0 Å². The Morgan fingerprint density at radius 1 is 1.18 bits per heavy atom. The highest BCUT2D eigenvalue weighted by atomic mass is 16.2. The average molecular weight is 305 g/mol. The maximum absolute atomic E-state index is 12.5. The third-order valence-electron chi connectivity index (χ3n) is 3.65. The van der Waals surface area contributed by atoms with Gasteiger partial charge in [-0.15, -0.1) is 0 Å². The van der Waals surface area contributed by atoms with E-state index in [1.54, 1.807) is 16.8 Å². The number of hydrogen-bond donors (Lipinski definition) is 1. The topological polar surface area (TPSA) is 95.5 Å². The van der Waals surface area contributed by atoms with Crippen LogP contribution in [0.5, 0.6) is 0 Å². The van der Waals surface area contributed by atoms with Gasteiger partial charge in [0.2, 0.25) is 11.8 Å². The molecule has 1 saturated heterocycles. The summed E-state index contributed by atoms with van der Waals surface area (Å²) in [4.78, 5) is 47.1. The van der Waals surface area contributed by atoms with E-state index in [9.17, 15) is 14.4 Å². The molecule has 1 fully saturated rings. The van der Waals surface area contributed by atoms with Gasteiger partial charge in [0.1, 0.15) is 5.69 Å². The van der Waals surface area contributed by atoms with Crippen LogP contribution in [0.1, 0.15) is 17.4 Å². The fourth-order valence-electron chi connectivity index (χ4n) is 2.43. The van der Waals surface area contributed by atoms with Gasteiger partial charge in [-0.05, 0) is 0 Å². The van der Waals surface area contributed by atoms with Gasteiger partial charge in [-0.25, -0.2) is 4.98 Å². The Kier molecular flexibility index (Phi) is 5.03. The van der Waals surface area contributed by atoms with Crippen molar-refractivity contribution in [2.24, 2.45) is 5.92 Å². The lowest BCUT2D eigenvalue weighted by Crippen LogP contribution is -2.42. The van der Waals surface area contributed by atoms with Crippen LogP contribution in [0.2, 0.25) is 0 Å². The summed E-state index contributed by atoms with van der Waals surface area (Å²) in [5.74, 6) is -1.04. The van der Waals surface area contributed by atoms with E-state index in [1.807, 2.05) is 0 Å². The fraction of sp³-hybridized carbons (Fsp3) is 0.500. The molecule has 3 amide bonds. The van der Waals surface area contributed by atoms with Gasteiger partial charge >= 0.3 is 0 Å². The first-order chi connectivity index (χ1) is 10.5. The molecule has 0 saturated carbocycles. The summed E-state index contributed by atoms with van der Waals surface area (Å²) in [5, 5.41) is 2.58. The number of amides is 3. The smallest absolute Gasteiger partial charge is 0.274 e. The van der Waals surface area contributed by atoms with Gasteiger partial charge in [0.05, 0.1) is 12.1 Å². The molecule has 1 atom stereocenters. The van der Waals surface area contributed by atoms with Crippen molar-refractivity contribution in [1.82, 2.24) is 25.1 Å². The highest BCUT2D eigenvalue weighted by Crippen LogP contribution is 2.12. The molecule has 0 aliphatic carbocycles. The van der Waals surface area contributed by atoms with Crippen LogP contribution in [0, 0.1) is 5.92 Å². The van der Waals surface area contributed by atoms with Crippen molar-refractivity contribution >= 4 is 17.7 Å². The lowest BCUT2D eigenvalue weighted by Gasteiger charge is -2.22. The summed E-state index contributed by atoms with van der Waals surface area (Å²) in [5.41, 5.74) is 0.231. The van der Waals surface area contributed by atoms with E-state index in [2.05, 4.69) is 15.3 Å². The number of carbonyl (C=O) groups is 3. The molecule has 8 heteroatoms. The van der Waals surface area contributed by atoms with E-state index < -0.39 is 5.92 Å². The minimum Gasteiger partial charge on any atom is -0.359 e. The standard InChI is InChI=1S/C14H19N5O3/c1-10(20)18-5-6-19(9-11(8-18)13(21)15-2)14(22)12-7-16-3-4-17-12/h3-4,7,11H,5-6,8-9H2,1-2H3,(H,15,21)/t11-/m0/s1. The highest BCUT2D eigenvalue weighted by Gasteiger charge is 2.31. The van der Waals surface area contributed by atoms with Crippen molar-refractivity contribution < 1.29 is 14.4 Å². The molecular weight excluding hydrogens is 286 g/mol. The first-order valence-electron chi connectivity index (χ1n) is 7.05. The van der Waals surface area contributed by atoms with Crippen molar-refractivity contribution in [2.75, 3.05) is 33.2 Å². The molecule has 1 aromatic rings. The fourth-order valence-corrected chi connectivity index (χ4v) is 2.43. The predicted octanol–water partition coefficient (Wildman–Crippen LogP) is -0.857. The molecular formula is C14H19N5O3. The lowest BCUT2D eigenvalue weighted by molar-refractivity contribution is -0.130. The van der Waals surface area contributed by atoms with E-state index in [0.717, 1.165) is 0 Å². The van der Waals surface area contributed by atoms with Gasteiger partial charge in [-0.1, -0.05) is 0 Å². The summed E-state index contributed by atoms with van der Waals surface area (Å²) in [6.07, 6.45) is 4.33. The average Bonchev–Trinajstić information content (AvgIpc) is 2.77. The number of nitrogens with one attached hydrogen (secondary N) is 1. The maximum Gasteiger partial charge on any atom is 0.274 e. The molecule has 0 aromatic carbocycles. The van der Waals surface area contributed by atoms with Crippen LogP contribution in [0.15, 0.2) is 18.6 Å². The Labute approximate surface area is 128 Å².